The van der Waals surface area contributed by atoms with E-state index in [1.165, 1.54) is 12.1 Å². The summed E-state index contributed by atoms with van der Waals surface area (Å²) in [5, 5.41) is 26.6. The molecule has 10 heteroatoms. The Morgan fingerprint density at radius 1 is 1.32 bits per heavy atom. The number of rotatable bonds is 6. The zero-order chi connectivity index (χ0) is 23.7. The molecule has 0 aromatic carbocycles. The van der Waals surface area contributed by atoms with Gasteiger partial charge < -0.3 is 15.2 Å². The molecule has 4 aromatic rings. The molecular formula is C24H24FN7O2. The summed E-state index contributed by atoms with van der Waals surface area (Å²) in [6.07, 6.45) is 11.3. The number of terminal acetylenes is 1. The lowest BCUT2D eigenvalue weighted by atomic mass is 10.1. The van der Waals surface area contributed by atoms with Crippen molar-refractivity contribution in [2.75, 3.05) is 19.7 Å². The number of pyridine rings is 2. The highest BCUT2D eigenvalue weighted by atomic mass is 19.1. The fourth-order valence-corrected chi connectivity index (χ4v) is 4.34. The lowest BCUT2D eigenvalue weighted by molar-refractivity contribution is 0.114. The first-order valence-electron chi connectivity index (χ1n) is 11.1. The molecule has 9 nitrogen and oxygen atoms in total. The predicted molar refractivity (Wildman–Crippen MR) is 123 cm³/mol. The van der Waals surface area contributed by atoms with Crippen molar-refractivity contribution in [3.8, 4) is 29.4 Å². The highest BCUT2D eigenvalue weighted by Gasteiger charge is 2.23. The van der Waals surface area contributed by atoms with Crippen LogP contribution in [0.1, 0.15) is 41.9 Å². The van der Waals surface area contributed by atoms with E-state index in [0.29, 0.717) is 34.3 Å². The number of aromatic nitrogens is 6. The Balaban J connectivity index is 1.57. The summed E-state index contributed by atoms with van der Waals surface area (Å²) in [7, 11) is 0. The second-order valence-corrected chi connectivity index (χ2v) is 8.23. The Bertz CT molecular complexity index is 1350. The van der Waals surface area contributed by atoms with Crippen molar-refractivity contribution < 1.29 is 14.2 Å². The van der Waals surface area contributed by atoms with Gasteiger partial charge in [0.15, 0.2) is 6.10 Å². The summed E-state index contributed by atoms with van der Waals surface area (Å²) in [6, 6.07) is 4.86. The van der Waals surface area contributed by atoms with Crippen LogP contribution in [0.3, 0.4) is 0 Å². The molecule has 0 spiro atoms. The third-order valence-electron chi connectivity index (χ3n) is 6.10. The number of fused-ring (bicyclic) bond motifs is 1. The summed E-state index contributed by atoms with van der Waals surface area (Å²) in [5.74, 6) is 2.55. The fraction of sp³-hybridized carbons (Fsp3) is 0.333. The molecule has 174 valence electrons. The van der Waals surface area contributed by atoms with Crippen LogP contribution in [-0.4, -0.2) is 54.4 Å². The molecule has 0 aliphatic carbocycles. The largest absolute Gasteiger partial charge is 0.479 e. The summed E-state index contributed by atoms with van der Waals surface area (Å²) in [5.41, 5.74) is 3.91. The second-order valence-electron chi connectivity index (χ2n) is 8.23. The van der Waals surface area contributed by atoms with E-state index >= 15 is 0 Å². The van der Waals surface area contributed by atoms with Crippen LogP contribution in [0.15, 0.2) is 36.8 Å². The van der Waals surface area contributed by atoms with Gasteiger partial charge in [-0.1, -0.05) is 11.1 Å². The molecule has 0 saturated carbocycles. The number of nitrogens with one attached hydrogen (secondary N) is 1. The molecule has 0 radical (unpaired) electrons. The normalized spacial score (nSPS) is 15.4. The van der Waals surface area contributed by atoms with Crippen molar-refractivity contribution in [1.82, 2.24) is 34.9 Å². The second kappa shape index (κ2) is 9.21. The molecule has 1 atom stereocenters. The number of ether oxygens (including phenoxy) is 1. The minimum absolute atomic E-state index is 0.294. The predicted octanol–water partition coefficient (Wildman–Crippen LogP) is 2.45. The van der Waals surface area contributed by atoms with Gasteiger partial charge in [0, 0.05) is 11.8 Å². The molecule has 1 unspecified atom stereocenters. The summed E-state index contributed by atoms with van der Waals surface area (Å²) in [4.78, 5) is 4.05. The molecule has 1 aliphatic rings. The summed E-state index contributed by atoms with van der Waals surface area (Å²) in [6.45, 7) is 3.53. The minimum atomic E-state index is -0.827. The van der Waals surface area contributed by atoms with Gasteiger partial charge >= 0.3 is 0 Å². The van der Waals surface area contributed by atoms with Crippen LogP contribution < -0.4 is 10.1 Å². The number of aliphatic hydroxyl groups excluding tert-OH is 1. The van der Waals surface area contributed by atoms with Crippen molar-refractivity contribution in [2.45, 2.75) is 31.9 Å². The van der Waals surface area contributed by atoms with Crippen molar-refractivity contribution in [3.63, 3.8) is 0 Å². The van der Waals surface area contributed by atoms with Crippen LogP contribution in [0.2, 0.25) is 0 Å². The Kier molecular flexibility index (Phi) is 5.96. The van der Waals surface area contributed by atoms with Gasteiger partial charge in [-0.3, -0.25) is 4.98 Å². The first kappa shape index (κ1) is 22.0. The van der Waals surface area contributed by atoms with E-state index in [9.17, 15) is 9.50 Å². The standard InChI is InChI=1S/C24H24FN7O2/c1-3-16-11-28-31-13-17(23-15(2)32(30-29-23)19-6-8-26-9-7-19)10-21(24(16)31)34-22(14-33)20-5-4-18(25)12-27-20/h1,4-5,10-13,19,22,26,33H,6-9,14H2,2H3. The third kappa shape index (κ3) is 4.00. The van der Waals surface area contributed by atoms with Crippen molar-refractivity contribution in [1.29, 1.82) is 0 Å². The van der Waals surface area contributed by atoms with Gasteiger partial charge in [0.05, 0.1) is 42.0 Å². The van der Waals surface area contributed by atoms with Crippen LogP contribution in [0.4, 0.5) is 4.39 Å². The maximum absolute atomic E-state index is 13.3. The van der Waals surface area contributed by atoms with E-state index in [1.54, 1.807) is 10.7 Å². The molecule has 1 saturated heterocycles. The first-order valence-corrected chi connectivity index (χ1v) is 11.1. The Hall–Kier alpha value is -3.81. The molecule has 1 aliphatic heterocycles. The van der Waals surface area contributed by atoms with E-state index in [-0.39, 0.29) is 6.61 Å². The lowest BCUT2D eigenvalue weighted by Crippen LogP contribution is -2.30. The van der Waals surface area contributed by atoms with Gasteiger partial charge in [-0.15, -0.1) is 11.5 Å². The number of halogens is 1. The van der Waals surface area contributed by atoms with Crippen molar-refractivity contribution in [2.24, 2.45) is 0 Å². The molecule has 34 heavy (non-hydrogen) atoms. The molecule has 2 N–H and O–H groups in total. The third-order valence-corrected chi connectivity index (χ3v) is 6.10. The quantitative estimate of drug-likeness (QED) is 0.425. The Labute approximate surface area is 195 Å². The van der Waals surface area contributed by atoms with Gasteiger partial charge in [-0.05, 0) is 51.1 Å². The molecule has 1 fully saturated rings. The Morgan fingerprint density at radius 3 is 2.85 bits per heavy atom. The number of piperidine rings is 1. The van der Waals surface area contributed by atoms with Crippen LogP contribution in [0.25, 0.3) is 16.8 Å². The van der Waals surface area contributed by atoms with Gasteiger partial charge in [-0.2, -0.15) is 5.10 Å². The highest BCUT2D eigenvalue weighted by Crippen LogP contribution is 2.34. The molecule has 0 amide bonds. The average Bonchev–Trinajstić information content (AvgIpc) is 3.46. The first-order chi connectivity index (χ1) is 16.6. The van der Waals surface area contributed by atoms with Crippen molar-refractivity contribution >= 4 is 5.52 Å². The van der Waals surface area contributed by atoms with E-state index in [0.717, 1.165) is 43.4 Å². The minimum Gasteiger partial charge on any atom is -0.479 e. The molecule has 5 heterocycles. The van der Waals surface area contributed by atoms with Gasteiger partial charge in [0.2, 0.25) is 0 Å². The summed E-state index contributed by atoms with van der Waals surface area (Å²) < 4.78 is 23.1. The molecule has 5 rings (SSSR count). The zero-order valence-electron chi connectivity index (χ0n) is 18.6. The lowest BCUT2D eigenvalue weighted by Gasteiger charge is -2.23. The topological polar surface area (TPSA) is 102 Å². The molecule has 0 bridgehead atoms. The monoisotopic (exact) mass is 461 g/mol. The Morgan fingerprint density at radius 2 is 2.15 bits per heavy atom. The maximum Gasteiger partial charge on any atom is 0.163 e. The van der Waals surface area contributed by atoms with Crippen LogP contribution in [-0.2, 0) is 0 Å². The van der Waals surface area contributed by atoms with Crippen LogP contribution in [0, 0.1) is 25.1 Å². The number of hydrogen-bond acceptors (Lipinski definition) is 7. The maximum atomic E-state index is 13.3. The highest BCUT2D eigenvalue weighted by molar-refractivity contribution is 5.75. The van der Waals surface area contributed by atoms with E-state index in [1.807, 2.05) is 23.9 Å². The van der Waals surface area contributed by atoms with Gasteiger partial charge in [0.25, 0.3) is 0 Å². The fourth-order valence-electron chi connectivity index (χ4n) is 4.34. The number of nitrogens with zero attached hydrogens (tertiary/aromatic N) is 6. The van der Waals surface area contributed by atoms with Crippen LogP contribution in [0.5, 0.6) is 5.75 Å². The van der Waals surface area contributed by atoms with E-state index < -0.39 is 11.9 Å². The SMILES string of the molecule is C#Cc1cnn2cc(-c3nnn(C4CCNCC4)c3C)cc(OC(CO)c3ccc(F)cn3)c12. The van der Waals surface area contributed by atoms with Crippen molar-refractivity contribution in [3.05, 3.63) is 59.6 Å². The zero-order valence-corrected chi connectivity index (χ0v) is 18.6. The van der Waals surface area contributed by atoms with E-state index in [2.05, 4.69) is 31.6 Å². The summed E-state index contributed by atoms with van der Waals surface area (Å²) >= 11 is 0. The molecule has 4 aromatic heterocycles. The number of aliphatic hydroxyl groups is 1. The number of hydrogen-bond donors (Lipinski definition) is 2. The smallest absolute Gasteiger partial charge is 0.163 e. The average molecular weight is 462 g/mol. The molecular weight excluding hydrogens is 437 g/mol. The van der Waals surface area contributed by atoms with Crippen LogP contribution >= 0.6 is 0 Å². The van der Waals surface area contributed by atoms with E-state index in [4.69, 9.17) is 11.2 Å². The van der Waals surface area contributed by atoms with Gasteiger partial charge in [-0.25, -0.2) is 13.6 Å². The van der Waals surface area contributed by atoms with Gasteiger partial charge in [0.1, 0.15) is 22.8 Å².